The summed E-state index contributed by atoms with van der Waals surface area (Å²) in [5.41, 5.74) is 2.66. The molecule has 0 radical (unpaired) electrons. The number of carbonyl (C=O) groups is 1. The van der Waals surface area contributed by atoms with Crippen molar-refractivity contribution in [3.8, 4) is 0 Å². The van der Waals surface area contributed by atoms with Crippen LogP contribution in [-0.2, 0) is 14.8 Å². The molecule has 1 aromatic rings. The summed E-state index contributed by atoms with van der Waals surface area (Å²) in [7, 11) is -3.55. The van der Waals surface area contributed by atoms with Crippen LogP contribution in [0.25, 0.3) is 0 Å². The number of anilines is 1. The lowest BCUT2D eigenvalue weighted by atomic mass is 10.1. The fourth-order valence-electron chi connectivity index (χ4n) is 3.22. The Balaban J connectivity index is 2.33. The Morgan fingerprint density at radius 3 is 2.17 bits per heavy atom. The van der Waals surface area contributed by atoms with Crippen LogP contribution in [0.3, 0.4) is 0 Å². The smallest absolute Gasteiger partial charge is 0.246 e. The highest BCUT2D eigenvalue weighted by Crippen LogP contribution is 2.25. The second-order valence-corrected chi connectivity index (χ2v) is 8.60. The molecule has 0 spiro atoms. The van der Waals surface area contributed by atoms with E-state index in [1.54, 1.807) is 13.0 Å². The first kappa shape index (κ1) is 18.8. The third-order valence-electron chi connectivity index (χ3n) is 4.73. The van der Waals surface area contributed by atoms with E-state index in [0.717, 1.165) is 43.1 Å². The number of benzene rings is 1. The average molecular weight is 353 g/mol. The van der Waals surface area contributed by atoms with Gasteiger partial charge in [-0.2, -0.15) is 0 Å². The second-order valence-electron chi connectivity index (χ2n) is 6.74. The number of sulfonamides is 1. The second kappa shape index (κ2) is 7.55. The summed E-state index contributed by atoms with van der Waals surface area (Å²) < 4.78 is 26.0. The van der Waals surface area contributed by atoms with Crippen LogP contribution < -0.4 is 4.31 Å². The molecule has 0 N–H and O–H groups in total. The topological polar surface area (TPSA) is 57.7 Å². The van der Waals surface area contributed by atoms with Gasteiger partial charge in [-0.05, 0) is 56.9 Å². The lowest BCUT2D eigenvalue weighted by Crippen LogP contribution is -2.49. The Bertz CT molecular complexity index is 692. The first-order valence-corrected chi connectivity index (χ1v) is 10.4. The van der Waals surface area contributed by atoms with E-state index in [2.05, 4.69) is 0 Å². The van der Waals surface area contributed by atoms with Crippen LogP contribution >= 0.6 is 0 Å². The van der Waals surface area contributed by atoms with E-state index in [1.807, 2.05) is 30.9 Å². The molecule has 0 unspecified atom stereocenters. The molecule has 6 heteroatoms. The number of nitrogens with zero attached hydrogens (tertiary/aromatic N) is 2. The van der Waals surface area contributed by atoms with Gasteiger partial charge in [0, 0.05) is 13.1 Å². The maximum absolute atomic E-state index is 12.9. The van der Waals surface area contributed by atoms with Crippen molar-refractivity contribution in [2.45, 2.75) is 52.5 Å². The first-order chi connectivity index (χ1) is 11.2. The van der Waals surface area contributed by atoms with Crippen molar-refractivity contribution < 1.29 is 13.2 Å². The summed E-state index contributed by atoms with van der Waals surface area (Å²) in [5, 5.41) is 0. The van der Waals surface area contributed by atoms with Gasteiger partial charge >= 0.3 is 0 Å². The summed E-state index contributed by atoms with van der Waals surface area (Å²) in [6.45, 7) is 7.04. The van der Waals surface area contributed by atoms with Gasteiger partial charge in [0.15, 0.2) is 0 Å². The van der Waals surface area contributed by atoms with Gasteiger partial charge in [-0.25, -0.2) is 8.42 Å². The molecule has 0 bridgehead atoms. The molecule has 1 atom stereocenters. The van der Waals surface area contributed by atoms with Crippen LogP contribution in [0, 0.1) is 13.8 Å². The van der Waals surface area contributed by atoms with Gasteiger partial charge in [0.1, 0.15) is 6.04 Å². The van der Waals surface area contributed by atoms with Gasteiger partial charge in [0.25, 0.3) is 0 Å². The van der Waals surface area contributed by atoms with Crippen molar-refractivity contribution in [2.24, 2.45) is 0 Å². The van der Waals surface area contributed by atoms with E-state index in [4.69, 9.17) is 0 Å². The number of amides is 1. The first-order valence-electron chi connectivity index (χ1n) is 8.57. The number of likely N-dealkylation sites (tertiary alicyclic amines) is 1. The highest BCUT2D eigenvalue weighted by Gasteiger charge is 2.32. The van der Waals surface area contributed by atoms with E-state index >= 15 is 0 Å². The maximum atomic E-state index is 12.9. The van der Waals surface area contributed by atoms with Crippen LogP contribution in [-0.4, -0.2) is 44.6 Å². The number of aryl methyl sites for hydroxylation is 2. The van der Waals surface area contributed by atoms with Crippen molar-refractivity contribution in [1.82, 2.24) is 4.90 Å². The molecular formula is C18H28N2O3S. The van der Waals surface area contributed by atoms with Crippen LogP contribution in [0.2, 0.25) is 0 Å². The largest absolute Gasteiger partial charge is 0.341 e. The molecular weight excluding hydrogens is 324 g/mol. The van der Waals surface area contributed by atoms with Gasteiger partial charge in [-0.15, -0.1) is 0 Å². The lowest BCUT2D eigenvalue weighted by Gasteiger charge is -2.32. The molecule has 1 amide bonds. The predicted octanol–water partition coefficient (Wildman–Crippen LogP) is 2.86. The number of rotatable bonds is 4. The highest BCUT2D eigenvalue weighted by atomic mass is 32.2. The number of hydrogen-bond acceptors (Lipinski definition) is 3. The van der Waals surface area contributed by atoms with Crippen LogP contribution in [0.15, 0.2) is 18.2 Å². The van der Waals surface area contributed by atoms with Crippen molar-refractivity contribution in [3.63, 3.8) is 0 Å². The minimum Gasteiger partial charge on any atom is -0.341 e. The lowest BCUT2D eigenvalue weighted by molar-refractivity contribution is -0.131. The molecule has 1 saturated heterocycles. The molecule has 1 aromatic carbocycles. The molecule has 1 fully saturated rings. The van der Waals surface area contributed by atoms with E-state index in [-0.39, 0.29) is 5.91 Å². The molecule has 0 aromatic heterocycles. The molecule has 0 saturated carbocycles. The van der Waals surface area contributed by atoms with Crippen molar-refractivity contribution in [3.05, 3.63) is 29.3 Å². The zero-order chi connectivity index (χ0) is 17.9. The van der Waals surface area contributed by atoms with Crippen LogP contribution in [0.5, 0.6) is 0 Å². The Hall–Kier alpha value is -1.56. The number of carbonyl (C=O) groups excluding carboxylic acids is 1. The minimum atomic E-state index is -3.55. The van der Waals surface area contributed by atoms with Crippen molar-refractivity contribution in [1.29, 1.82) is 0 Å². The van der Waals surface area contributed by atoms with Gasteiger partial charge in [0.05, 0.1) is 11.9 Å². The Kier molecular flexibility index (Phi) is 5.91. The van der Waals surface area contributed by atoms with Crippen molar-refractivity contribution >= 4 is 21.6 Å². The summed E-state index contributed by atoms with van der Waals surface area (Å²) >= 11 is 0. The summed E-state index contributed by atoms with van der Waals surface area (Å²) in [4.78, 5) is 14.7. The van der Waals surface area contributed by atoms with Gasteiger partial charge in [0.2, 0.25) is 15.9 Å². The van der Waals surface area contributed by atoms with E-state index < -0.39 is 16.1 Å². The normalized spacial score (nSPS) is 17.2. The molecule has 1 aliphatic rings. The fourth-order valence-corrected chi connectivity index (χ4v) is 4.38. The quantitative estimate of drug-likeness (QED) is 0.837. The van der Waals surface area contributed by atoms with E-state index in [0.29, 0.717) is 18.8 Å². The van der Waals surface area contributed by atoms with Crippen LogP contribution in [0.1, 0.15) is 43.7 Å². The molecule has 1 aliphatic heterocycles. The third-order valence-corrected chi connectivity index (χ3v) is 5.97. The molecule has 2 rings (SSSR count). The SMILES string of the molecule is Cc1ccc(N([C@@H](C)C(=O)N2CCCCCC2)S(C)(=O)=O)cc1C. The number of hydrogen-bond donors (Lipinski definition) is 0. The molecule has 1 heterocycles. The molecule has 0 aliphatic carbocycles. The van der Waals surface area contributed by atoms with Gasteiger partial charge in [-0.3, -0.25) is 9.10 Å². The predicted molar refractivity (Wildman–Crippen MR) is 97.7 cm³/mol. The van der Waals surface area contributed by atoms with E-state index in [1.165, 1.54) is 4.31 Å². The van der Waals surface area contributed by atoms with Gasteiger partial charge < -0.3 is 4.90 Å². The Morgan fingerprint density at radius 1 is 1.08 bits per heavy atom. The average Bonchev–Trinajstić information content (AvgIpc) is 2.78. The standard InChI is InChI=1S/C18H28N2O3S/c1-14-9-10-17(13-15(14)2)20(24(4,22)23)16(3)18(21)19-11-7-5-6-8-12-19/h9-10,13,16H,5-8,11-12H2,1-4H3/t16-/m0/s1. The van der Waals surface area contributed by atoms with Crippen molar-refractivity contribution in [2.75, 3.05) is 23.7 Å². The zero-order valence-corrected chi connectivity index (χ0v) is 15.9. The highest BCUT2D eigenvalue weighted by molar-refractivity contribution is 7.92. The molecule has 24 heavy (non-hydrogen) atoms. The Labute approximate surface area is 145 Å². The molecule has 134 valence electrons. The monoisotopic (exact) mass is 352 g/mol. The maximum Gasteiger partial charge on any atom is 0.246 e. The fraction of sp³-hybridized carbons (Fsp3) is 0.611. The van der Waals surface area contributed by atoms with Gasteiger partial charge in [-0.1, -0.05) is 18.9 Å². The zero-order valence-electron chi connectivity index (χ0n) is 15.1. The minimum absolute atomic E-state index is 0.111. The molecule has 5 nitrogen and oxygen atoms in total. The van der Waals surface area contributed by atoms with Crippen LogP contribution in [0.4, 0.5) is 5.69 Å². The van der Waals surface area contributed by atoms with E-state index in [9.17, 15) is 13.2 Å². The summed E-state index contributed by atoms with van der Waals surface area (Å²) in [6, 6.07) is 4.77. The summed E-state index contributed by atoms with van der Waals surface area (Å²) in [5.74, 6) is -0.111. The Morgan fingerprint density at radius 2 is 1.67 bits per heavy atom. The summed E-state index contributed by atoms with van der Waals surface area (Å²) in [6.07, 6.45) is 5.40. The third kappa shape index (κ3) is 4.29.